The van der Waals surface area contributed by atoms with E-state index < -0.39 is 11.9 Å². The topological polar surface area (TPSA) is 84.2 Å². The number of aliphatic carboxylic acids is 1. The minimum atomic E-state index is -0.875. The molecular formula is C35H44FN3O5. The number of halogens is 1. The summed E-state index contributed by atoms with van der Waals surface area (Å²) in [6, 6.07) is 14.1. The highest BCUT2D eigenvalue weighted by Crippen LogP contribution is 2.43. The number of aromatic nitrogens is 1. The van der Waals surface area contributed by atoms with E-state index in [1.54, 1.807) is 19.1 Å². The number of nitrogens with zero attached hydrogens (tertiary/aromatic N) is 3. The Balaban J connectivity index is 1.49. The molecule has 2 aromatic carbocycles. The first-order valence-corrected chi connectivity index (χ1v) is 15.8. The molecule has 1 amide bonds. The van der Waals surface area contributed by atoms with Gasteiger partial charge in [-0.3, -0.25) is 14.5 Å². The summed E-state index contributed by atoms with van der Waals surface area (Å²) in [5.74, 6) is -1.07. The summed E-state index contributed by atoms with van der Waals surface area (Å²) in [6.07, 6.45) is 6.72. The minimum Gasteiger partial charge on any atom is -0.481 e. The summed E-state index contributed by atoms with van der Waals surface area (Å²) < 4.78 is 27.5. The van der Waals surface area contributed by atoms with E-state index in [-0.39, 0.29) is 43.1 Å². The van der Waals surface area contributed by atoms with Crippen LogP contribution in [0, 0.1) is 18.7 Å². The second kappa shape index (κ2) is 13.8. The van der Waals surface area contributed by atoms with E-state index in [2.05, 4.69) is 18.7 Å². The number of rotatable bonds is 13. The van der Waals surface area contributed by atoms with Gasteiger partial charge in [0, 0.05) is 49.2 Å². The van der Waals surface area contributed by atoms with Crippen molar-refractivity contribution in [1.82, 2.24) is 9.47 Å². The molecule has 0 saturated carbocycles. The average molecular weight is 606 g/mol. The molecule has 3 aromatic rings. The van der Waals surface area contributed by atoms with Gasteiger partial charge in [0.25, 0.3) is 0 Å². The molecule has 1 N–H and O–H groups in total. The molecule has 44 heavy (non-hydrogen) atoms. The molecule has 3 atom stereocenters. The van der Waals surface area contributed by atoms with Crippen molar-refractivity contribution < 1.29 is 28.6 Å². The zero-order chi connectivity index (χ0) is 31.4. The van der Waals surface area contributed by atoms with Gasteiger partial charge in [0.05, 0.1) is 12.5 Å². The van der Waals surface area contributed by atoms with Crippen molar-refractivity contribution >= 4 is 17.6 Å². The van der Waals surface area contributed by atoms with Gasteiger partial charge in [-0.15, -0.1) is 0 Å². The first kappa shape index (κ1) is 31.6. The minimum absolute atomic E-state index is 0.0355. The SMILES string of the molecule is CCCC(CCC)N(C(=O)CN1C[C@H](c2ccc3c(c2)OCO3)[C@@H](C(=O)O)[C@@H]1CCc1cccn1C)c1ccc(F)c(C)c1. The maximum Gasteiger partial charge on any atom is 0.308 e. The fourth-order valence-corrected chi connectivity index (χ4v) is 7.04. The molecule has 3 heterocycles. The highest BCUT2D eigenvalue weighted by atomic mass is 19.1. The number of anilines is 1. The van der Waals surface area contributed by atoms with E-state index in [0.717, 1.165) is 36.9 Å². The summed E-state index contributed by atoms with van der Waals surface area (Å²) in [4.78, 5) is 31.3. The van der Waals surface area contributed by atoms with Crippen LogP contribution in [-0.4, -0.2) is 58.4 Å². The fourth-order valence-electron chi connectivity index (χ4n) is 7.04. The average Bonchev–Trinajstić information content (AvgIpc) is 3.72. The Morgan fingerprint density at radius 3 is 2.48 bits per heavy atom. The van der Waals surface area contributed by atoms with Crippen LogP contribution in [0.3, 0.4) is 0 Å². The lowest BCUT2D eigenvalue weighted by Gasteiger charge is -2.35. The zero-order valence-electron chi connectivity index (χ0n) is 26.2. The van der Waals surface area contributed by atoms with E-state index in [1.165, 1.54) is 6.07 Å². The van der Waals surface area contributed by atoms with Crippen LogP contribution in [0.15, 0.2) is 54.7 Å². The third kappa shape index (κ3) is 6.62. The van der Waals surface area contributed by atoms with Crippen molar-refractivity contribution in [3.63, 3.8) is 0 Å². The Kier molecular flexibility index (Phi) is 9.93. The van der Waals surface area contributed by atoms with E-state index in [4.69, 9.17) is 9.47 Å². The molecule has 1 saturated heterocycles. The van der Waals surface area contributed by atoms with E-state index in [9.17, 15) is 19.1 Å². The van der Waals surface area contributed by atoms with E-state index in [0.29, 0.717) is 42.1 Å². The van der Waals surface area contributed by atoms with Crippen LogP contribution >= 0.6 is 0 Å². The van der Waals surface area contributed by atoms with Crippen LogP contribution in [-0.2, 0) is 23.1 Å². The Morgan fingerprint density at radius 2 is 1.82 bits per heavy atom. The summed E-state index contributed by atoms with van der Waals surface area (Å²) >= 11 is 0. The summed E-state index contributed by atoms with van der Waals surface area (Å²) in [6.45, 7) is 6.56. The number of benzene rings is 2. The molecule has 0 bridgehead atoms. The number of carbonyl (C=O) groups excluding carboxylic acids is 1. The Bertz CT molecular complexity index is 1470. The predicted molar refractivity (Wildman–Crippen MR) is 168 cm³/mol. The maximum atomic E-state index is 14.4. The number of amides is 1. The monoisotopic (exact) mass is 605 g/mol. The van der Waals surface area contributed by atoms with Crippen molar-refractivity contribution in [1.29, 1.82) is 0 Å². The third-order valence-corrected chi connectivity index (χ3v) is 9.24. The van der Waals surface area contributed by atoms with Crippen LogP contribution in [0.25, 0.3) is 0 Å². The summed E-state index contributed by atoms with van der Waals surface area (Å²) in [5.41, 5.74) is 3.15. The lowest BCUT2D eigenvalue weighted by atomic mass is 9.83. The van der Waals surface area contributed by atoms with Gasteiger partial charge in [0.1, 0.15) is 5.82 Å². The quantitative estimate of drug-likeness (QED) is 0.246. The predicted octanol–water partition coefficient (Wildman–Crippen LogP) is 6.30. The van der Waals surface area contributed by atoms with Crippen molar-refractivity contribution in [2.75, 3.05) is 24.8 Å². The molecule has 8 nitrogen and oxygen atoms in total. The zero-order valence-corrected chi connectivity index (χ0v) is 26.2. The summed E-state index contributed by atoms with van der Waals surface area (Å²) in [5, 5.41) is 10.6. The van der Waals surface area contributed by atoms with Gasteiger partial charge in [-0.05, 0) is 86.2 Å². The van der Waals surface area contributed by atoms with Crippen molar-refractivity contribution in [2.45, 2.75) is 77.3 Å². The molecule has 236 valence electrons. The number of hydrogen-bond acceptors (Lipinski definition) is 5. The van der Waals surface area contributed by atoms with Crippen molar-refractivity contribution in [3.05, 3.63) is 77.4 Å². The standard InChI is InChI=1S/C35H44FN3O5/c1-5-8-26(9-6-2)39(27-12-14-29(36)23(3)18-27)33(40)21-38-20-28(24-11-16-31-32(19-24)44-22-43-31)34(35(41)42)30(38)15-13-25-10-7-17-37(25)4/h7,10-12,14,16-19,26,28,30,34H,5-6,8-9,13,15,20-22H2,1-4H3,(H,41,42)/t28-,30+,34-/m1/s1. The number of carbonyl (C=O) groups is 2. The number of fused-ring (bicyclic) bond motifs is 1. The van der Waals surface area contributed by atoms with Crippen LogP contribution in [0.5, 0.6) is 11.5 Å². The first-order valence-electron chi connectivity index (χ1n) is 15.8. The number of aryl methyl sites for hydroxylation is 3. The molecule has 0 spiro atoms. The molecule has 9 heteroatoms. The number of hydrogen-bond donors (Lipinski definition) is 1. The molecular weight excluding hydrogens is 561 g/mol. The molecule has 1 fully saturated rings. The molecule has 1 aromatic heterocycles. The molecule has 5 rings (SSSR count). The number of carboxylic acid groups (broad SMARTS) is 1. The van der Waals surface area contributed by atoms with Crippen molar-refractivity contribution in [3.8, 4) is 11.5 Å². The molecule has 0 unspecified atom stereocenters. The first-order chi connectivity index (χ1) is 21.2. The second-order valence-corrected chi connectivity index (χ2v) is 12.2. The third-order valence-electron chi connectivity index (χ3n) is 9.24. The number of ether oxygens (including phenoxy) is 2. The normalized spacial score (nSPS) is 19.5. The number of carboxylic acids is 1. The van der Waals surface area contributed by atoms with Gasteiger partial charge >= 0.3 is 5.97 Å². The smallest absolute Gasteiger partial charge is 0.308 e. The van der Waals surface area contributed by atoms with Gasteiger partial charge in [-0.1, -0.05) is 32.8 Å². The van der Waals surface area contributed by atoms with E-state index in [1.807, 2.05) is 53.0 Å². The molecule has 0 radical (unpaired) electrons. The molecule has 0 aliphatic carbocycles. The summed E-state index contributed by atoms with van der Waals surface area (Å²) in [7, 11) is 1.99. The highest BCUT2D eigenvalue weighted by Gasteiger charge is 2.47. The Hall–Kier alpha value is -3.85. The van der Waals surface area contributed by atoms with E-state index >= 15 is 0 Å². The van der Waals surface area contributed by atoms with Crippen LogP contribution in [0.1, 0.15) is 68.7 Å². The van der Waals surface area contributed by atoms with Crippen LogP contribution in [0.4, 0.5) is 10.1 Å². The van der Waals surface area contributed by atoms with Gasteiger partial charge in [0.15, 0.2) is 11.5 Å². The van der Waals surface area contributed by atoms with Gasteiger partial charge in [-0.2, -0.15) is 0 Å². The fraction of sp³-hybridized carbons (Fsp3) is 0.486. The van der Waals surface area contributed by atoms with Gasteiger partial charge in [-0.25, -0.2) is 4.39 Å². The van der Waals surface area contributed by atoms with Gasteiger partial charge in [0.2, 0.25) is 12.7 Å². The van der Waals surface area contributed by atoms with Crippen molar-refractivity contribution in [2.24, 2.45) is 13.0 Å². The highest BCUT2D eigenvalue weighted by molar-refractivity contribution is 5.95. The molecule has 2 aliphatic rings. The largest absolute Gasteiger partial charge is 0.481 e. The maximum absolute atomic E-state index is 14.4. The van der Waals surface area contributed by atoms with Crippen LogP contribution in [0.2, 0.25) is 0 Å². The Morgan fingerprint density at radius 1 is 1.07 bits per heavy atom. The lowest BCUT2D eigenvalue weighted by Crippen LogP contribution is -2.48. The molecule has 2 aliphatic heterocycles. The second-order valence-electron chi connectivity index (χ2n) is 12.2. The Labute approximate surface area is 259 Å². The number of likely N-dealkylation sites (tertiary alicyclic amines) is 1. The van der Waals surface area contributed by atoms with Crippen LogP contribution < -0.4 is 14.4 Å². The lowest BCUT2D eigenvalue weighted by molar-refractivity contribution is -0.143. The van der Waals surface area contributed by atoms with Gasteiger partial charge < -0.3 is 24.0 Å².